The van der Waals surface area contributed by atoms with Crippen molar-refractivity contribution in [2.75, 3.05) is 6.54 Å². The number of halogens is 1. The summed E-state index contributed by atoms with van der Waals surface area (Å²) in [5.41, 5.74) is 2.45. The second kappa shape index (κ2) is 5.32. The van der Waals surface area contributed by atoms with Crippen molar-refractivity contribution in [2.45, 2.75) is 52.1 Å². The fourth-order valence-electron chi connectivity index (χ4n) is 2.40. The second-order valence-electron chi connectivity index (χ2n) is 4.51. The maximum absolute atomic E-state index is 4.54. The highest BCUT2D eigenvalue weighted by atomic mass is 79.9. The molecule has 1 N–H and O–H groups in total. The zero-order valence-corrected chi connectivity index (χ0v) is 11.7. The number of hydrogen-bond acceptors (Lipinski definition) is 2. The van der Waals surface area contributed by atoms with Crippen LogP contribution in [0.1, 0.15) is 37.6 Å². The van der Waals surface area contributed by atoms with Gasteiger partial charge in [-0.3, -0.25) is 4.68 Å². The molecule has 90 valence electrons. The number of aromatic nitrogens is 2. The summed E-state index contributed by atoms with van der Waals surface area (Å²) in [5.74, 6) is 0. The molecular formula is C12H20BrN3. The van der Waals surface area contributed by atoms with Gasteiger partial charge < -0.3 is 5.32 Å². The first-order valence-electron chi connectivity index (χ1n) is 6.17. The van der Waals surface area contributed by atoms with E-state index in [1.165, 1.54) is 36.0 Å². The predicted octanol–water partition coefficient (Wildman–Crippen LogP) is 2.66. The fourth-order valence-corrected chi connectivity index (χ4v) is 2.84. The highest BCUT2D eigenvalue weighted by Gasteiger charge is 2.18. The Morgan fingerprint density at radius 1 is 1.50 bits per heavy atom. The van der Waals surface area contributed by atoms with Gasteiger partial charge in [0.05, 0.1) is 15.9 Å². The smallest absolute Gasteiger partial charge is 0.0738 e. The molecule has 2 rings (SSSR count). The third-order valence-electron chi connectivity index (χ3n) is 3.30. The Hall–Kier alpha value is -0.350. The van der Waals surface area contributed by atoms with Crippen LogP contribution >= 0.6 is 15.9 Å². The Kier molecular flexibility index (Phi) is 4.03. The largest absolute Gasteiger partial charge is 0.314 e. The van der Waals surface area contributed by atoms with Crippen LogP contribution in [0.5, 0.6) is 0 Å². The highest BCUT2D eigenvalue weighted by Crippen LogP contribution is 2.24. The van der Waals surface area contributed by atoms with Gasteiger partial charge in [0.15, 0.2) is 0 Å². The van der Waals surface area contributed by atoms with Crippen molar-refractivity contribution in [3.63, 3.8) is 0 Å². The van der Waals surface area contributed by atoms with Crippen LogP contribution in [-0.2, 0) is 13.0 Å². The van der Waals surface area contributed by atoms with Gasteiger partial charge in [-0.1, -0.05) is 6.42 Å². The number of nitrogens with zero attached hydrogens (tertiary/aromatic N) is 2. The molecule has 1 aromatic heterocycles. The molecule has 0 radical (unpaired) electrons. The molecule has 1 aliphatic heterocycles. The van der Waals surface area contributed by atoms with Crippen molar-refractivity contribution in [3.05, 3.63) is 15.9 Å². The molecule has 1 fully saturated rings. The molecule has 1 atom stereocenters. The molecule has 1 aliphatic rings. The summed E-state index contributed by atoms with van der Waals surface area (Å²) in [6.07, 6.45) is 5.06. The summed E-state index contributed by atoms with van der Waals surface area (Å²) in [6.45, 7) is 6.33. The fraction of sp³-hybridized carbons (Fsp3) is 0.750. The molecule has 0 saturated carbocycles. The lowest BCUT2D eigenvalue weighted by Gasteiger charge is -2.23. The minimum absolute atomic E-state index is 0.631. The van der Waals surface area contributed by atoms with E-state index in [9.17, 15) is 0 Å². The molecule has 1 aromatic rings. The van der Waals surface area contributed by atoms with Gasteiger partial charge in [-0.2, -0.15) is 5.10 Å². The molecule has 0 spiro atoms. The van der Waals surface area contributed by atoms with Crippen LogP contribution in [0.25, 0.3) is 0 Å². The standard InChI is InChI=1S/C12H20BrN3/c1-3-16-11(12(13)9(2)15-16)8-10-6-4-5-7-14-10/h10,14H,3-8H2,1-2H3. The van der Waals surface area contributed by atoms with E-state index < -0.39 is 0 Å². The number of hydrogen-bond donors (Lipinski definition) is 1. The van der Waals surface area contributed by atoms with E-state index in [2.05, 4.69) is 44.9 Å². The van der Waals surface area contributed by atoms with Gasteiger partial charge in [0.2, 0.25) is 0 Å². The van der Waals surface area contributed by atoms with Gasteiger partial charge >= 0.3 is 0 Å². The van der Waals surface area contributed by atoms with Crippen molar-refractivity contribution >= 4 is 15.9 Å². The normalized spacial score (nSPS) is 21.3. The molecule has 0 amide bonds. The Labute approximate surface area is 106 Å². The van der Waals surface area contributed by atoms with Crippen molar-refractivity contribution in [1.29, 1.82) is 0 Å². The molecule has 0 aliphatic carbocycles. The third-order valence-corrected chi connectivity index (χ3v) is 4.34. The minimum atomic E-state index is 0.631. The molecule has 2 heterocycles. The van der Waals surface area contributed by atoms with Crippen molar-refractivity contribution in [1.82, 2.24) is 15.1 Å². The number of nitrogens with one attached hydrogen (secondary N) is 1. The zero-order chi connectivity index (χ0) is 11.5. The van der Waals surface area contributed by atoms with E-state index >= 15 is 0 Å². The van der Waals surface area contributed by atoms with Gasteiger partial charge in [0, 0.05) is 19.0 Å². The predicted molar refractivity (Wildman–Crippen MR) is 69.7 cm³/mol. The van der Waals surface area contributed by atoms with E-state index in [4.69, 9.17) is 0 Å². The van der Waals surface area contributed by atoms with Crippen molar-refractivity contribution in [3.8, 4) is 0 Å². The van der Waals surface area contributed by atoms with Gasteiger partial charge in [-0.15, -0.1) is 0 Å². The first-order chi connectivity index (χ1) is 7.72. The summed E-state index contributed by atoms with van der Waals surface area (Å²) < 4.78 is 3.32. The van der Waals surface area contributed by atoms with E-state index in [1.54, 1.807) is 0 Å². The number of rotatable bonds is 3. The first kappa shape index (κ1) is 12.1. The highest BCUT2D eigenvalue weighted by molar-refractivity contribution is 9.10. The molecule has 0 bridgehead atoms. The van der Waals surface area contributed by atoms with Gasteiger partial charge in [0.1, 0.15) is 0 Å². The quantitative estimate of drug-likeness (QED) is 0.925. The average Bonchev–Trinajstić information content (AvgIpc) is 2.58. The molecule has 1 unspecified atom stereocenters. The van der Waals surface area contributed by atoms with Crippen LogP contribution < -0.4 is 5.32 Å². The van der Waals surface area contributed by atoms with Crippen molar-refractivity contribution < 1.29 is 0 Å². The summed E-state index contributed by atoms with van der Waals surface area (Å²) in [5, 5.41) is 8.13. The molecule has 3 nitrogen and oxygen atoms in total. The van der Waals surface area contributed by atoms with Gasteiger partial charge in [0.25, 0.3) is 0 Å². The third kappa shape index (κ3) is 2.48. The van der Waals surface area contributed by atoms with E-state index in [0.717, 1.165) is 18.7 Å². The van der Waals surface area contributed by atoms with Crippen LogP contribution in [0.2, 0.25) is 0 Å². The summed E-state index contributed by atoms with van der Waals surface area (Å²) >= 11 is 3.66. The second-order valence-corrected chi connectivity index (χ2v) is 5.31. The van der Waals surface area contributed by atoms with Crippen LogP contribution in [0.4, 0.5) is 0 Å². The molecule has 16 heavy (non-hydrogen) atoms. The Morgan fingerprint density at radius 3 is 2.94 bits per heavy atom. The molecule has 1 saturated heterocycles. The summed E-state index contributed by atoms with van der Waals surface area (Å²) in [4.78, 5) is 0. The topological polar surface area (TPSA) is 29.9 Å². The first-order valence-corrected chi connectivity index (χ1v) is 6.96. The van der Waals surface area contributed by atoms with Crippen LogP contribution in [-0.4, -0.2) is 22.4 Å². The van der Waals surface area contributed by atoms with Crippen LogP contribution in [0, 0.1) is 6.92 Å². The van der Waals surface area contributed by atoms with Crippen molar-refractivity contribution in [2.24, 2.45) is 0 Å². The van der Waals surface area contributed by atoms with Gasteiger partial charge in [-0.05, 0) is 49.2 Å². The minimum Gasteiger partial charge on any atom is -0.314 e. The monoisotopic (exact) mass is 285 g/mol. The SMILES string of the molecule is CCn1nc(C)c(Br)c1CC1CCCCN1. The van der Waals surface area contributed by atoms with Crippen LogP contribution in [0.3, 0.4) is 0 Å². The Bertz CT molecular complexity index is 353. The maximum atomic E-state index is 4.54. The lowest BCUT2D eigenvalue weighted by Crippen LogP contribution is -2.36. The van der Waals surface area contributed by atoms with E-state index in [1.807, 2.05) is 0 Å². The van der Waals surface area contributed by atoms with E-state index in [-0.39, 0.29) is 0 Å². The lowest BCUT2D eigenvalue weighted by atomic mass is 10.0. The van der Waals surface area contributed by atoms with Gasteiger partial charge in [-0.25, -0.2) is 0 Å². The summed E-state index contributed by atoms with van der Waals surface area (Å²) in [7, 11) is 0. The summed E-state index contributed by atoms with van der Waals surface area (Å²) in [6, 6.07) is 0.631. The molecular weight excluding hydrogens is 266 g/mol. The van der Waals surface area contributed by atoms with Crippen LogP contribution in [0.15, 0.2) is 4.47 Å². The van der Waals surface area contributed by atoms with E-state index in [0.29, 0.717) is 6.04 Å². The lowest BCUT2D eigenvalue weighted by molar-refractivity contribution is 0.390. The number of piperidine rings is 1. The Morgan fingerprint density at radius 2 is 2.31 bits per heavy atom. The zero-order valence-electron chi connectivity index (χ0n) is 10.1. The Balaban J connectivity index is 2.12. The maximum Gasteiger partial charge on any atom is 0.0738 e. The number of aryl methyl sites for hydroxylation is 2. The molecule has 4 heteroatoms. The molecule has 0 aromatic carbocycles. The average molecular weight is 286 g/mol.